The third kappa shape index (κ3) is 4.15. The Hall–Kier alpha value is -2.60. The van der Waals surface area contributed by atoms with Gasteiger partial charge in [0, 0.05) is 31.2 Å². The minimum absolute atomic E-state index is 0.165. The number of nitrogens with zero attached hydrogens (tertiary/aromatic N) is 2. The third-order valence-electron chi connectivity index (χ3n) is 6.27. The number of aromatic nitrogens is 1. The van der Waals surface area contributed by atoms with E-state index in [1.165, 1.54) is 23.1 Å². The molecule has 2 aliphatic rings. The molecular formula is C24H22F3N2O. The topological polar surface area (TPSA) is 25.4 Å². The summed E-state index contributed by atoms with van der Waals surface area (Å²) in [5.41, 5.74) is 3.12. The molecular weight excluding hydrogens is 389 g/mol. The molecule has 2 atom stereocenters. The van der Waals surface area contributed by atoms with E-state index in [1.54, 1.807) is 6.07 Å². The molecule has 1 radical (unpaired) electrons. The molecule has 30 heavy (non-hydrogen) atoms. The van der Waals surface area contributed by atoms with Crippen molar-refractivity contribution >= 4 is 10.9 Å². The number of piperidine rings is 1. The van der Waals surface area contributed by atoms with Crippen molar-refractivity contribution < 1.29 is 17.9 Å². The van der Waals surface area contributed by atoms with Gasteiger partial charge in [0.2, 0.25) is 0 Å². The quantitative estimate of drug-likeness (QED) is 0.539. The van der Waals surface area contributed by atoms with Gasteiger partial charge in [0.25, 0.3) is 0 Å². The van der Waals surface area contributed by atoms with Crippen molar-refractivity contribution in [2.24, 2.45) is 17.8 Å². The van der Waals surface area contributed by atoms with Gasteiger partial charge in [-0.05, 0) is 59.9 Å². The normalized spacial score (nSPS) is 23.5. The summed E-state index contributed by atoms with van der Waals surface area (Å²) in [6.45, 7) is 3.06. The number of benzene rings is 2. The van der Waals surface area contributed by atoms with Crippen LogP contribution in [0.5, 0.6) is 5.75 Å². The van der Waals surface area contributed by atoms with Crippen LogP contribution in [0.3, 0.4) is 0 Å². The summed E-state index contributed by atoms with van der Waals surface area (Å²) in [6, 6.07) is 16.6. The predicted molar refractivity (Wildman–Crippen MR) is 109 cm³/mol. The van der Waals surface area contributed by atoms with Crippen LogP contribution in [-0.2, 0) is 6.54 Å². The van der Waals surface area contributed by atoms with Gasteiger partial charge in [0.1, 0.15) is 5.75 Å². The zero-order chi connectivity index (χ0) is 20.7. The number of halogens is 3. The van der Waals surface area contributed by atoms with Gasteiger partial charge >= 0.3 is 6.36 Å². The zero-order valence-electron chi connectivity index (χ0n) is 16.3. The summed E-state index contributed by atoms with van der Waals surface area (Å²) < 4.78 is 41.2. The van der Waals surface area contributed by atoms with E-state index >= 15 is 0 Å². The predicted octanol–water partition coefficient (Wildman–Crippen LogP) is 5.45. The second-order valence-electron chi connectivity index (χ2n) is 8.24. The first kappa shape index (κ1) is 19.4. The van der Waals surface area contributed by atoms with E-state index in [0.717, 1.165) is 37.1 Å². The summed E-state index contributed by atoms with van der Waals surface area (Å²) in [4.78, 5) is 7.04. The van der Waals surface area contributed by atoms with Crippen LogP contribution in [0.15, 0.2) is 60.8 Å². The maximum absolute atomic E-state index is 12.4. The largest absolute Gasteiger partial charge is 0.573 e. The van der Waals surface area contributed by atoms with E-state index in [9.17, 15) is 13.2 Å². The van der Waals surface area contributed by atoms with Crippen LogP contribution in [0, 0.1) is 24.2 Å². The van der Waals surface area contributed by atoms with E-state index in [1.807, 2.05) is 24.8 Å². The van der Waals surface area contributed by atoms with Gasteiger partial charge in [-0.2, -0.15) is 0 Å². The second kappa shape index (κ2) is 7.58. The lowest BCUT2D eigenvalue weighted by molar-refractivity contribution is -0.274. The summed E-state index contributed by atoms with van der Waals surface area (Å²) in [6.07, 6.45) is 0.114. The smallest absolute Gasteiger partial charge is 0.406 e. The lowest BCUT2D eigenvalue weighted by Gasteiger charge is -2.20. The first-order chi connectivity index (χ1) is 14.5. The highest BCUT2D eigenvalue weighted by molar-refractivity contribution is 5.81. The number of para-hydroxylation sites is 1. The molecule has 6 heteroatoms. The van der Waals surface area contributed by atoms with Crippen LogP contribution in [0.4, 0.5) is 13.2 Å². The molecule has 2 fully saturated rings. The average molecular weight is 411 g/mol. The molecule has 2 heterocycles. The lowest BCUT2D eigenvalue weighted by atomic mass is 10.0. The van der Waals surface area contributed by atoms with Crippen molar-refractivity contribution in [2.75, 3.05) is 13.1 Å². The molecule has 1 aliphatic heterocycles. The molecule has 3 aromatic rings. The highest BCUT2D eigenvalue weighted by Gasteiger charge is 2.54. The first-order valence-corrected chi connectivity index (χ1v) is 10.2. The van der Waals surface area contributed by atoms with E-state index in [0.29, 0.717) is 17.8 Å². The van der Waals surface area contributed by atoms with Crippen molar-refractivity contribution in [3.8, 4) is 5.75 Å². The molecule has 1 saturated heterocycles. The van der Waals surface area contributed by atoms with Gasteiger partial charge in [-0.25, -0.2) is 0 Å². The Balaban J connectivity index is 1.14. The Morgan fingerprint density at radius 3 is 2.60 bits per heavy atom. The number of fused-ring (bicyclic) bond motifs is 2. The van der Waals surface area contributed by atoms with Gasteiger partial charge in [-0.1, -0.05) is 36.4 Å². The molecule has 2 aromatic carbocycles. The van der Waals surface area contributed by atoms with Crippen LogP contribution in [0.25, 0.3) is 10.9 Å². The zero-order valence-corrected chi connectivity index (χ0v) is 16.3. The van der Waals surface area contributed by atoms with Crippen LogP contribution in [0.1, 0.15) is 17.5 Å². The minimum Gasteiger partial charge on any atom is -0.406 e. The third-order valence-corrected chi connectivity index (χ3v) is 6.27. The monoisotopic (exact) mass is 411 g/mol. The maximum Gasteiger partial charge on any atom is 0.573 e. The highest BCUT2D eigenvalue weighted by atomic mass is 19.4. The van der Waals surface area contributed by atoms with E-state index in [-0.39, 0.29) is 5.75 Å². The van der Waals surface area contributed by atoms with E-state index in [2.05, 4.69) is 38.9 Å². The fourth-order valence-corrected chi connectivity index (χ4v) is 4.86. The van der Waals surface area contributed by atoms with Crippen LogP contribution in [0.2, 0.25) is 0 Å². The Morgan fingerprint density at radius 2 is 1.80 bits per heavy atom. The number of alkyl halides is 3. The molecule has 2 unspecified atom stereocenters. The number of pyridine rings is 1. The number of rotatable bonds is 6. The summed E-state index contributed by atoms with van der Waals surface area (Å²) in [5.74, 6) is 1.82. The molecule has 0 N–H and O–H groups in total. The molecule has 1 saturated carbocycles. The number of hydrogen-bond acceptors (Lipinski definition) is 3. The van der Waals surface area contributed by atoms with Gasteiger partial charge in [0.15, 0.2) is 0 Å². The highest BCUT2D eigenvalue weighted by Crippen LogP contribution is 2.54. The molecule has 0 spiro atoms. The average Bonchev–Trinajstić information content (AvgIpc) is 3.16. The summed E-state index contributed by atoms with van der Waals surface area (Å²) in [5, 5.41) is 1.17. The Bertz CT molecular complexity index is 1030. The second-order valence-corrected chi connectivity index (χ2v) is 8.24. The Morgan fingerprint density at radius 1 is 1.03 bits per heavy atom. The fraction of sp³-hybridized carbons (Fsp3) is 0.333. The Labute approximate surface area is 173 Å². The molecule has 0 bridgehead atoms. The first-order valence-electron chi connectivity index (χ1n) is 10.2. The number of ether oxygens (including phenoxy) is 1. The van der Waals surface area contributed by atoms with E-state index in [4.69, 9.17) is 0 Å². The molecule has 155 valence electrons. The van der Waals surface area contributed by atoms with Crippen molar-refractivity contribution in [3.05, 3.63) is 78.3 Å². The number of hydrogen-bond donors (Lipinski definition) is 0. The molecule has 0 amide bonds. The van der Waals surface area contributed by atoms with Crippen molar-refractivity contribution in [1.82, 2.24) is 9.88 Å². The summed E-state index contributed by atoms with van der Waals surface area (Å²) in [7, 11) is 0. The van der Waals surface area contributed by atoms with Crippen LogP contribution < -0.4 is 4.74 Å². The fourth-order valence-electron chi connectivity index (χ4n) is 4.86. The minimum atomic E-state index is -4.66. The van der Waals surface area contributed by atoms with E-state index < -0.39 is 6.36 Å². The number of likely N-dealkylation sites (tertiary alicyclic amines) is 1. The molecule has 1 aromatic heterocycles. The molecule has 1 aliphatic carbocycles. The maximum atomic E-state index is 12.4. The SMILES string of the molecule is FC(F)(F)Oc1cccc([CH]CC2C3CN(Cc4cccc5cccnc45)CC23)c1. The molecule has 5 rings (SSSR count). The van der Waals surface area contributed by atoms with Crippen molar-refractivity contribution in [3.63, 3.8) is 0 Å². The molecule has 3 nitrogen and oxygen atoms in total. The van der Waals surface area contributed by atoms with Gasteiger partial charge in [-0.3, -0.25) is 9.88 Å². The lowest BCUT2D eigenvalue weighted by Crippen LogP contribution is -2.24. The van der Waals surface area contributed by atoms with Crippen LogP contribution in [-0.4, -0.2) is 29.3 Å². The summed E-state index contributed by atoms with van der Waals surface area (Å²) >= 11 is 0. The van der Waals surface area contributed by atoms with Crippen LogP contribution >= 0.6 is 0 Å². The standard InChI is InChI=1S/C24H22F3N2O/c25-24(26,27)30-19-8-1-4-16(12-19)9-10-20-21-14-29(15-22(20)21)13-18-6-2-5-17-7-3-11-28-23(17)18/h1-9,11-12,20-22H,10,13-15H2. The van der Waals surface area contributed by atoms with Gasteiger partial charge < -0.3 is 4.74 Å². The van der Waals surface area contributed by atoms with Crippen molar-refractivity contribution in [1.29, 1.82) is 0 Å². The van der Waals surface area contributed by atoms with Crippen molar-refractivity contribution in [2.45, 2.75) is 19.3 Å². The van der Waals surface area contributed by atoms with Gasteiger partial charge in [0.05, 0.1) is 5.52 Å². The van der Waals surface area contributed by atoms with Gasteiger partial charge in [-0.15, -0.1) is 13.2 Å². The Kier molecular flexibility index (Phi) is 4.89.